The molecule has 0 aromatic heterocycles. The van der Waals surface area contributed by atoms with Crippen LogP contribution in [-0.2, 0) is 9.70 Å². The van der Waals surface area contributed by atoms with Crippen molar-refractivity contribution >= 4 is 143 Å². The SMILES string of the molecule is BrCC(Br)(Br)c1cc(C(Br)(Br)CBr)cc(C(Br)(Br)CBr)c1. The fourth-order valence-electron chi connectivity index (χ4n) is 1.49. The molecule has 0 amide bonds. The van der Waals surface area contributed by atoms with Gasteiger partial charge in [0, 0.05) is 16.0 Å². The molecule has 9 heteroatoms. The molecule has 120 valence electrons. The third-order valence-corrected chi connectivity index (χ3v) is 14.2. The summed E-state index contributed by atoms with van der Waals surface area (Å²) in [6.07, 6.45) is 0. The topological polar surface area (TPSA) is 0 Å². The first kappa shape index (κ1) is 22.6. The highest BCUT2D eigenvalue weighted by atomic mass is 79.9. The molecule has 0 aliphatic heterocycles. The van der Waals surface area contributed by atoms with Crippen molar-refractivity contribution in [3.8, 4) is 0 Å². The maximum atomic E-state index is 3.72. The summed E-state index contributed by atoms with van der Waals surface area (Å²) in [4.78, 5) is 0. The van der Waals surface area contributed by atoms with Crippen LogP contribution in [0.5, 0.6) is 0 Å². The second kappa shape index (κ2) is 8.96. The van der Waals surface area contributed by atoms with Crippen LogP contribution in [0.3, 0.4) is 0 Å². The number of hydrogen-bond donors (Lipinski definition) is 0. The average molecular weight is 872 g/mol. The van der Waals surface area contributed by atoms with Crippen LogP contribution in [0.25, 0.3) is 0 Å². The third kappa shape index (κ3) is 6.04. The van der Waals surface area contributed by atoms with Gasteiger partial charge in [0.15, 0.2) is 0 Å². The molecule has 0 aliphatic carbocycles. The summed E-state index contributed by atoms with van der Waals surface area (Å²) in [6.45, 7) is 0. The highest BCUT2D eigenvalue weighted by Gasteiger charge is 2.33. The Labute approximate surface area is 200 Å². The maximum absolute atomic E-state index is 3.72. The van der Waals surface area contributed by atoms with Crippen molar-refractivity contribution in [2.24, 2.45) is 0 Å². The van der Waals surface area contributed by atoms with Crippen molar-refractivity contribution < 1.29 is 0 Å². The molecule has 0 heterocycles. The Morgan fingerprint density at radius 3 is 0.857 bits per heavy atom. The minimum atomic E-state index is -0.324. The van der Waals surface area contributed by atoms with E-state index in [0.717, 1.165) is 32.7 Å². The van der Waals surface area contributed by atoms with Gasteiger partial charge >= 0.3 is 0 Å². The first-order valence-corrected chi connectivity index (χ1v) is 13.6. The highest BCUT2D eigenvalue weighted by Crippen LogP contribution is 2.48. The van der Waals surface area contributed by atoms with E-state index in [1.807, 2.05) is 0 Å². The summed E-state index contributed by atoms with van der Waals surface area (Å²) >= 11 is 32.9. The predicted molar refractivity (Wildman–Crippen MR) is 126 cm³/mol. The van der Waals surface area contributed by atoms with E-state index >= 15 is 0 Å². The van der Waals surface area contributed by atoms with Gasteiger partial charge in [0.1, 0.15) is 9.70 Å². The molecule has 0 aliphatic rings. The standard InChI is InChI=1S/C12H9Br9/c13-4-10(16,17)7-1-8(11(18,19)5-14)3-9(2-7)12(20,21)6-15/h1-3H,4-6H2. The van der Waals surface area contributed by atoms with E-state index < -0.39 is 0 Å². The quantitative estimate of drug-likeness (QED) is 0.251. The molecule has 1 rings (SSSR count). The molecule has 1 aromatic rings. The largest absolute Gasteiger partial charge is 0.115 e. The lowest BCUT2D eigenvalue weighted by Crippen LogP contribution is -2.19. The van der Waals surface area contributed by atoms with Crippen molar-refractivity contribution in [3.05, 3.63) is 34.9 Å². The molecular formula is C12H9Br9. The summed E-state index contributed by atoms with van der Waals surface area (Å²) in [6, 6.07) is 6.47. The summed E-state index contributed by atoms with van der Waals surface area (Å²) in [5, 5.41) is 2.21. The van der Waals surface area contributed by atoms with Crippen molar-refractivity contribution in [2.75, 3.05) is 16.0 Å². The molecular weight excluding hydrogens is 863 g/mol. The van der Waals surface area contributed by atoms with E-state index in [1.54, 1.807) is 0 Å². The van der Waals surface area contributed by atoms with Gasteiger partial charge in [0.05, 0.1) is 0 Å². The molecule has 0 radical (unpaired) electrons. The molecule has 0 spiro atoms. The monoisotopic (exact) mass is 863 g/mol. The normalized spacial score (nSPS) is 13.6. The van der Waals surface area contributed by atoms with Gasteiger partial charge in [0.2, 0.25) is 0 Å². The molecule has 0 saturated heterocycles. The Morgan fingerprint density at radius 2 is 0.714 bits per heavy atom. The molecule has 0 saturated carbocycles. The second-order valence-electron chi connectivity index (χ2n) is 4.31. The van der Waals surface area contributed by atoms with Crippen molar-refractivity contribution in [1.82, 2.24) is 0 Å². The lowest BCUT2D eigenvalue weighted by Gasteiger charge is -2.27. The number of alkyl halides is 9. The van der Waals surface area contributed by atoms with Crippen LogP contribution in [0, 0.1) is 0 Å². The van der Waals surface area contributed by atoms with Gasteiger partial charge in [-0.05, 0) is 16.7 Å². The van der Waals surface area contributed by atoms with Gasteiger partial charge in [-0.2, -0.15) is 0 Å². The molecule has 0 N–H and O–H groups in total. The molecule has 21 heavy (non-hydrogen) atoms. The molecule has 0 bridgehead atoms. The average Bonchev–Trinajstić information content (AvgIpc) is 2.46. The van der Waals surface area contributed by atoms with Crippen LogP contribution in [0.1, 0.15) is 16.7 Å². The Balaban J connectivity index is 3.55. The van der Waals surface area contributed by atoms with Crippen molar-refractivity contribution in [3.63, 3.8) is 0 Å². The van der Waals surface area contributed by atoms with Crippen LogP contribution < -0.4 is 0 Å². The van der Waals surface area contributed by atoms with Gasteiger partial charge in [-0.3, -0.25) is 0 Å². The first-order valence-electron chi connectivity index (χ1n) is 5.48. The molecule has 0 atom stereocenters. The zero-order valence-corrected chi connectivity index (χ0v) is 24.5. The third-order valence-electron chi connectivity index (χ3n) is 2.70. The van der Waals surface area contributed by atoms with Crippen molar-refractivity contribution in [2.45, 2.75) is 9.70 Å². The molecule has 0 unspecified atom stereocenters. The summed E-state index contributed by atoms with van der Waals surface area (Å²) in [5.74, 6) is 0. The minimum absolute atomic E-state index is 0.324. The molecule has 1 aromatic carbocycles. The highest BCUT2D eigenvalue weighted by molar-refractivity contribution is 9.26. The van der Waals surface area contributed by atoms with Crippen molar-refractivity contribution in [1.29, 1.82) is 0 Å². The van der Waals surface area contributed by atoms with Crippen LogP contribution in [0.15, 0.2) is 18.2 Å². The van der Waals surface area contributed by atoms with E-state index in [1.165, 1.54) is 0 Å². The summed E-state index contributed by atoms with van der Waals surface area (Å²) in [5.41, 5.74) is 3.38. The Bertz CT molecular complexity index is 412. The van der Waals surface area contributed by atoms with E-state index in [9.17, 15) is 0 Å². The smallest absolute Gasteiger partial charge is 0.0900 e. The van der Waals surface area contributed by atoms with Gasteiger partial charge in [-0.15, -0.1) is 0 Å². The number of benzene rings is 1. The Morgan fingerprint density at radius 1 is 0.524 bits per heavy atom. The van der Waals surface area contributed by atoms with E-state index in [-0.39, 0.29) is 9.70 Å². The molecule has 0 nitrogen and oxygen atoms in total. The maximum Gasteiger partial charge on any atom is 0.115 e. The van der Waals surface area contributed by atoms with Gasteiger partial charge in [0.25, 0.3) is 0 Å². The zero-order valence-electron chi connectivity index (χ0n) is 10.3. The minimum Gasteiger partial charge on any atom is -0.0900 e. The molecule has 0 fully saturated rings. The summed E-state index contributed by atoms with van der Waals surface area (Å²) < 4.78 is -0.972. The lowest BCUT2D eigenvalue weighted by molar-refractivity contribution is 0.993. The van der Waals surface area contributed by atoms with Crippen LogP contribution in [0.2, 0.25) is 0 Å². The van der Waals surface area contributed by atoms with Crippen LogP contribution in [-0.4, -0.2) is 16.0 Å². The second-order valence-corrected chi connectivity index (χ2v) is 17.3. The van der Waals surface area contributed by atoms with Gasteiger partial charge in [-0.25, -0.2) is 0 Å². The predicted octanol–water partition coefficient (Wildman–Crippen LogP) is 8.70. The zero-order chi connectivity index (χ0) is 16.5. The summed E-state index contributed by atoms with van der Waals surface area (Å²) in [7, 11) is 0. The van der Waals surface area contributed by atoms with Crippen LogP contribution in [0.4, 0.5) is 0 Å². The Kier molecular flexibility index (Phi) is 9.63. The van der Waals surface area contributed by atoms with E-state index in [4.69, 9.17) is 0 Å². The first-order chi connectivity index (χ1) is 9.50. The lowest BCUT2D eigenvalue weighted by atomic mass is 10.0. The number of hydrogen-bond acceptors (Lipinski definition) is 0. The van der Waals surface area contributed by atoms with E-state index in [2.05, 4.69) is 162 Å². The fourth-order valence-corrected chi connectivity index (χ4v) is 3.84. The van der Waals surface area contributed by atoms with Gasteiger partial charge < -0.3 is 0 Å². The Hall–Kier alpha value is 3.54. The van der Waals surface area contributed by atoms with Crippen LogP contribution >= 0.6 is 143 Å². The number of halogens is 9. The van der Waals surface area contributed by atoms with E-state index in [0.29, 0.717) is 0 Å². The number of rotatable bonds is 6. The van der Waals surface area contributed by atoms with Gasteiger partial charge in [-0.1, -0.05) is 162 Å². The fraction of sp³-hybridized carbons (Fsp3) is 0.500.